The lowest BCUT2D eigenvalue weighted by atomic mass is 9.69. The first kappa shape index (κ1) is 32.0. The molecule has 0 radical (unpaired) electrons. The summed E-state index contributed by atoms with van der Waals surface area (Å²) in [4.78, 5) is 66.8. The van der Waals surface area contributed by atoms with Gasteiger partial charge in [-0.2, -0.15) is 4.39 Å². The van der Waals surface area contributed by atoms with E-state index in [0.29, 0.717) is 0 Å². The number of hydrogen-bond acceptors (Lipinski definition) is 10. The zero-order valence-corrected chi connectivity index (χ0v) is 24.1. The highest BCUT2D eigenvalue weighted by Gasteiger charge is 2.63. The molecule has 11 nitrogen and oxygen atoms in total. The fraction of sp³-hybridized carbons (Fsp3) is 0.800. The maximum atomic E-state index is 15.8. The van der Waals surface area contributed by atoms with E-state index >= 15 is 4.39 Å². The van der Waals surface area contributed by atoms with E-state index in [2.05, 4.69) is 5.16 Å². The topological polar surface area (TPSA) is 164 Å². The minimum Gasteiger partial charge on any atom is -0.451 e. The molecule has 2 unspecified atom stereocenters. The van der Waals surface area contributed by atoms with Crippen molar-refractivity contribution in [2.24, 2.45) is 46.4 Å². The van der Waals surface area contributed by atoms with Crippen LogP contribution in [-0.2, 0) is 38.2 Å². The highest BCUT2D eigenvalue weighted by Crippen LogP contribution is 2.47. The molecule has 0 spiro atoms. The van der Waals surface area contributed by atoms with E-state index in [0.717, 1.165) is 0 Å². The summed E-state index contributed by atoms with van der Waals surface area (Å²) in [7, 11) is 0.860. The molecule has 0 bridgehead atoms. The molecule has 2 saturated heterocycles. The molecule has 2 rings (SSSR count). The fourth-order valence-electron chi connectivity index (χ4n) is 5.57. The molecule has 0 aliphatic carbocycles. The van der Waals surface area contributed by atoms with Crippen molar-refractivity contribution >= 4 is 38.1 Å². The Hall–Kier alpha value is -2.17. The van der Waals surface area contributed by atoms with Crippen LogP contribution in [0.2, 0.25) is 0 Å². The predicted molar refractivity (Wildman–Crippen MR) is 136 cm³/mol. The summed E-state index contributed by atoms with van der Waals surface area (Å²) in [5.41, 5.74) is 3.06. The van der Waals surface area contributed by atoms with Gasteiger partial charge < -0.3 is 29.7 Å². The Morgan fingerprint density at radius 3 is 2.18 bits per heavy atom. The molecule has 2 fully saturated rings. The number of hydrogen-bond donors (Lipinski definition) is 2. The summed E-state index contributed by atoms with van der Waals surface area (Å²) in [6.07, 6.45) is -2.06. The molecular weight excluding hydrogens is 522 g/mol. The second-order valence-corrected chi connectivity index (χ2v) is 12.0. The number of fused-ring (bicyclic) bond motifs is 1. The van der Waals surface area contributed by atoms with Gasteiger partial charge in [-0.1, -0.05) is 25.9 Å². The van der Waals surface area contributed by atoms with Gasteiger partial charge in [0.25, 0.3) is 6.36 Å². The van der Waals surface area contributed by atoms with Crippen LogP contribution in [0.1, 0.15) is 61.3 Å². The van der Waals surface area contributed by atoms with Gasteiger partial charge in [0.2, 0.25) is 0 Å². The molecule has 2 aliphatic rings. The molecule has 13 heteroatoms. The zero-order valence-electron chi connectivity index (χ0n) is 23.1. The summed E-state index contributed by atoms with van der Waals surface area (Å²) < 4.78 is 31.9. The normalized spacial score (nSPS) is 40.9. The molecule has 216 valence electrons. The maximum absolute atomic E-state index is 15.8. The van der Waals surface area contributed by atoms with Crippen molar-refractivity contribution in [2.75, 3.05) is 7.11 Å². The molecule has 0 saturated carbocycles. The molecule has 11 atom stereocenters. The van der Waals surface area contributed by atoms with Crippen molar-refractivity contribution in [3.05, 3.63) is 0 Å². The van der Waals surface area contributed by atoms with Crippen LogP contribution in [0.4, 0.5) is 4.39 Å². The number of cyclic esters (lactones) is 1. The van der Waals surface area contributed by atoms with Gasteiger partial charge in [0.05, 0.1) is 14.4 Å². The molecule has 2 aliphatic heterocycles. The molecule has 0 aromatic rings. The van der Waals surface area contributed by atoms with Gasteiger partial charge in [-0.3, -0.25) is 19.2 Å². The van der Waals surface area contributed by atoms with Crippen molar-refractivity contribution < 1.29 is 47.5 Å². The highest BCUT2D eigenvalue weighted by atomic mass is 31.1. The van der Waals surface area contributed by atoms with E-state index in [4.69, 9.17) is 24.8 Å². The summed E-state index contributed by atoms with van der Waals surface area (Å²) in [5, 5.41) is 3.73. The SMILES string of the molecule is CO[C@@]1(C)C[C@@H](C)C(=O)[C@@H](C)C(=O)O[C@@H](F)[C@]2(C)OC(=O)[C@@H](/C(N)=N/OC(C)PO)[C@@H]2[C@@H](C)C(=O)[C@H](C)C1. The summed E-state index contributed by atoms with van der Waals surface area (Å²) in [6, 6.07) is 0. The number of ether oxygens (including phenoxy) is 3. The van der Waals surface area contributed by atoms with Gasteiger partial charge in [-0.25, -0.2) is 0 Å². The van der Waals surface area contributed by atoms with Crippen molar-refractivity contribution in [1.82, 2.24) is 0 Å². The molecule has 3 N–H and O–H groups in total. The van der Waals surface area contributed by atoms with Gasteiger partial charge in [-0.15, -0.1) is 0 Å². The first-order valence-corrected chi connectivity index (χ1v) is 13.6. The van der Waals surface area contributed by atoms with Crippen LogP contribution in [0.3, 0.4) is 0 Å². The Balaban J connectivity index is 2.63. The zero-order chi connectivity index (χ0) is 29.2. The van der Waals surface area contributed by atoms with Gasteiger partial charge >= 0.3 is 11.9 Å². The van der Waals surface area contributed by atoms with Gasteiger partial charge in [0.15, 0.2) is 17.3 Å². The lowest BCUT2D eigenvalue weighted by Gasteiger charge is -2.38. The Kier molecular flexibility index (Phi) is 10.4. The third kappa shape index (κ3) is 6.51. The van der Waals surface area contributed by atoms with Crippen LogP contribution in [0, 0.1) is 35.5 Å². The smallest absolute Gasteiger partial charge is 0.318 e. The number of carbonyl (C=O) groups is 4. The second-order valence-electron chi connectivity index (χ2n) is 10.9. The Morgan fingerprint density at radius 1 is 1.11 bits per heavy atom. The first-order valence-electron chi connectivity index (χ1n) is 12.6. The monoisotopic (exact) mass is 562 g/mol. The summed E-state index contributed by atoms with van der Waals surface area (Å²) in [5.74, 6) is -10.2. The summed E-state index contributed by atoms with van der Waals surface area (Å²) >= 11 is 0. The largest absolute Gasteiger partial charge is 0.451 e. The lowest BCUT2D eigenvalue weighted by molar-refractivity contribution is -0.206. The van der Waals surface area contributed by atoms with E-state index in [1.54, 1.807) is 20.8 Å². The average molecular weight is 563 g/mol. The van der Waals surface area contributed by atoms with E-state index < -0.39 is 85.4 Å². The van der Waals surface area contributed by atoms with Crippen molar-refractivity contribution in [1.29, 1.82) is 0 Å². The van der Waals surface area contributed by atoms with Crippen LogP contribution in [0.5, 0.6) is 0 Å². The Labute approximate surface area is 224 Å². The number of oxime groups is 1. The third-order valence-electron chi connectivity index (χ3n) is 7.79. The van der Waals surface area contributed by atoms with Gasteiger partial charge in [0.1, 0.15) is 23.4 Å². The van der Waals surface area contributed by atoms with Crippen LogP contribution in [0.15, 0.2) is 5.16 Å². The van der Waals surface area contributed by atoms with Crippen LogP contribution >= 0.6 is 8.81 Å². The number of nitrogens with two attached hydrogens (primary N) is 1. The lowest BCUT2D eigenvalue weighted by Crippen LogP contribution is -2.52. The number of methoxy groups -OCH3 is 1. The van der Waals surface area contributed by atoms with E-state index in [-0.39, 0.29) is 24.5 Å². The minimum atomic E-state index is -2.51. The number of carbonyl (C=O) groups excluding carboxylic acids is 4. The van der Waals surface area contributed by atoms with Gasteiger partial charge in [-0.05, 0) is 40.5 Å². The number of nitrogens with zero attached hydrogens (tertiary/aromatic N) is 1. The minimum absolute atomic E-state index is 0.219. The number of amidine groups is 1. The molecule has 0 aromatic carbocycles. The molecule has 0 aromatic heterocycles. The molecular formula is C25H40FN2O9P. The number of ketones is 2. The van der Waals surface area contributed by atoms with Crippen molar-refractivity contribution in [2.45, 2.75) is 84.7 Å². The number of esters is 2. The average Bonchev–Trinajstić information content (AvgIpc) is 3.15. The van der Waals surface area contributed by atoms with Crippen LogP contribution < -0.4 is 5.73 Å². The maximum Gasteiger partial charge on any atom is 0.318 e. The highest BCUT2D eigenvalue weighted by molar-refractivity contribution is 7.31. The molecule has 38 heavy (non-hydrogen) atoms. The van der Waals surface area contributed by atoms with Crippen molar-refractivity contribution in [3.63, 3.8) is 0 Å². The van der Waals surface area contributed by atoms with Crippen LogP contribution in [-0.4, -0.2) is 64.7 Å². The van der Waals surface area contributed by atoms with E-state index in [9.17, 15) is 24.1 Å². The van der Waals surface area contributed by atoms with E-state index in [1.165, 1.54) is 34.8 Å². The van der Waals surface area contributed by atoms with Crippen LogP contribution in [0.25, 0.3) is 0 Å². The number of rotatable bonds is 5. The van der Waals surface area contributed by atoms with Gasteiger partial charge in [0, 0.05) is 30.8 Å². The van der Waals surface area contributed by atoms with Crippen molar-refractivity contribution in [3.8, 4) is 0 Å². The second kappa shape index (κ2) is 12.3. The predicted octanol–water partition coefficient (Wildman–Crippen LogP) is 2.48. The first-order chi connectivity index (χ1) is 17.5. The summed E-state index contributed by atoms with van der Waals surface area (Å²) in [6.45, 7) is 10.7. The standard InChI is InChI=1S/C25H40FN2O9P/c1-11-9-24(6,34-8)10-12(2)19(30)14(4)21(31)35-23(26)25(7)17(13(3)18(11)29)16(22(32)36-25)20(27)28-37-15(5)38-33/h11-17,23,33,38H,9-10H2,1-8H3,(H2,27,28)/t11-,12-,13-,14-,15?,16-,17+,23-,24-,25-/m1/s1. The fourth-order valence-corrected chi connectivity index (χ4v) is 5.67. The Bertz CT molecular complexity index is 965. The van der Waals surface area contributed by atoms with E-state index in [1.807, 2.05) is 0 Å². The number of alkyl halides is 1. The molecule has 2 heterocycles. The number of halogens is 1. The number of Topliss-reactive ketones (excluding diaryl/α,β-unsaturated/α-hetero) is 2. The molecule has 0 amide bonds. The Morgan fingerprint density at radius 2 is 1.66 bits per heavy atom. The quantitative estimate of drug-likeness (QED) is 0.127. The third-order valence-corrected chi connectivity index (χ3v) is 8.26.